The number of carbonyl (C=O) groups excluding carboxylic acids is 1. The fraction of sp³-hybridized carbons (Fsp3) is 0.105. The van der Waals surface area contributed by atoms with Crippen LogP contribution in [0.3, 0.4) is 0 Å². The van der Waals surface area contributed by atoms with E-state index >= 15 is 0 Å². The lowest BCUT2D eigenvalue weighted by Gasteiger charge is -2.13. The molecule has 0 saturated heterocycles. The largest absolute Gasteiger partial charge is 0.450 e. The average molecular weight is 419 g/mol. The van der Waals surface area contributed by atoms with Crippen molar-refractivity contribution in [2.24, 2.45) is 10.1 Å². The molecule has 0 aliphatic carbocycles. The molecular formula is C19H16F3N5OS. The molecule has 3 N–H and O–H groups in total. The van der Waals surface area contributed by atoms with Gasteiger partial charge in [0.2, 0.25) is 5.82 Å². The van der Waals surface area contributed by atoms with Crippen molar-refractivity contribution >= 4 is 41.3 Å². The van der Waals surface area contributed by atoms with Crippen molar-refractivity contribution in [2.75, 3.05) is 5.32 Å². The van der Waals surface area contributed by atoms with Crippen molar-refractivity contribution in [2.45, 2.75) is 13.1 Å². The van der Waals surface area contributed by atoms with E-state index in [0.717, 1.165) is 16.5 Å². The zero-order valence-corrected chi connectivity index (χ0v) is 16.0. The Bertz CT molecular complexity index is 1100. The third-order valence-electron chi connectivity index (χ3n) is 3.92. The molecule has 0 bridgehead atoms. The fourth-order valence-electron chi connectivity index (χ4n) is 2.72. The number of fused-ring (bicyclic) bond motifs is 1. The van der Waals surface area contributed by atoms with Gasteiger partial charge in [-0.05, 0) is 50.0 Å². The number of benzene rings is 2. The summed E-state index contributed by atoms with van der Waals surface area (Å²) in [5.74, 6) is -1.51. The molecule has 0 saturated carbocycles. The number of nitrogens with one attached hydrogen (secondary N) is 1. The zero-order valence-electron chi connectivity index (χ0n) is 15.2. The highest BCUT2D eigenvalue weighted by molar-refractivity contribution is 8.02. The van der Waals surface area contributed by atoms with Crippen molar-refractivity contribution in [3.63, 3.8) is 0 Å². The van der Waals surface area contributed by atoms with Crippen LogP contribution in [0.1, 0.15) is 12.7 Å². The molecule has 1 amide bonds. The first-order valence-corrected chi connectivity index (χ1v) is 9.05. The maximum atomic E-state index is 13.5. The molecule has 0 radical (unpaired) electrons. The number of amides is 1. The van der Waals surface area contributed by atoms with E-state index in [0.29, 0.717) is 11.2 Å². The number of rotatable bonds is 5. The van der Waals surface area contributed by atoms with Crippen LogP contribution in [0.15, 0.2) is 63.5 Å². The molecule has 3 aromatic rings. The molecule has 10 heteroatoms. The number of hydrogen-bond donors (Lipinski definition) is 2. The number of nitrogens with zero attached hydrogens (tertiary/aromatic N) is 3. The second-order valence-corrected chi connectivity index (χ2v) is 6.84. The number of allylic oxidation sites excluding steroid dienone is 1. The minimum absolute atomic E-state index is 0.184. The number of halogens is 3. The zero-order chi connectivity index (χ0) is 21.2. The first kappa shape index (κ1) is 20.5. The van der Waals surface area contributed by atoms with Gasteiger partial charge in [0.25, 0.3) is 5.91 Å². The number of aromatic nitrogens is 2. The van der Waals surface area contributed by atoms with E-state index in [-0.39, 0.29) is 21.8 Å². The summed E-state index contributed by atoms with van der Waals surface area (Å²) in [4.78, 5) is 16.2. The fourth-order valence-corrected chi connectivity index (χ4v) is 3.12. The summed E-state index contributed by atoms with van der Waals surface area (Å²) in [6, 6.07) is 12.3. The van der Waals surface area contributed by atoms with E-state index in [4.69, 9.17) is 5.73 Å². The van der Waals surface area contributed by atoms with E-state index < -0.39 is 17.9 Å². The monoisotopic (exact) mass is 419 g/mol. The van der Waals surface area contributed by atoms with E-state index in [2.05, 4.69) is 21.4 Å². The van der Waals surface area contributed by atoms with Crippen molar-refractivity contribution in [1.29, 1.82) is 0 Å². The molecule has 6 nitrogen and oxygen atoms in total. The van der Waals surface area contributed by atoms with E-state index in [1.54, 1.807) is 25.1 Å². The van der Waals surface area contributed by atoms with Crippen LogP contribution >= 0.6 is 11.9 Å². The van der Waals surface area contributed by atoms with Gasteiger partial charge in [-0.3, -0.25) is 9.36 Å². The van der Waals surface area contributed by atoms with Gasteiger partial charge in [-0.15, -0.1) is 0 Å². The van der Waals surface area contributed by atoms with Crippen LogP contribution in [0.2, 0.25) is 0 Å². The molecule has 0 fully saturated rings. The van der Waals surface area contributed by atoms with Crippen LogP contribution in [0.5, 0.6) is 0 Å². The van der Waals surface area contributed by atoms with Crippen LogP contribution < -0.4 is 11.1 Å². The number of carbonyl (C=O) groups is 1. The highest BCUT2D eigenvalue weighted by Crippen LogP contribution is 2.34. The van der Waals surface area contributed by atoms with Crippen LogP contribution in [0.4, 0.5) is 18.9 Å². The normalized spacial score (nSPS) is 12.6. The van der Waals surface area contributed by atoms with Crippen molar-refractivity contribution in [1.82, 2.24) is 9.55 Å². The van der Waals surface area contributed by atoms with Gasteiger partial charge in [0.15, 0.2) is 0 Å². The highest BCUT2D eigenvalue weighted by atomic mass is 32.2. The third-order valence-corrected chi connectivity index (χ3v) is 4.74. The lowest BCUT2D eigenvalue weighted by Crippen LogP contribution is -2.16. The molecule has 0 atom stereocenters. The number of alkyl halides is 3. The van der Waals surface area contributed by atoms with Crippen molar-refractivity contribution in [3.8, 4) is 5.69 Å². The Kier molecular flexibility index (Phi) is 5.64. The van der Waals surface area contributed by atoms with Gasteiger partial charge in [-0.25, -0.2) is 9.38 Å². The predicted molar refractivity (Wildman–Crippen MR) is 109 cm³/mol. The maximum Gasteiger partial charge on any atom is 0.450 e. The quantitative estimate of drug-likeness (QED) is 0.362. The summed E-state index contributed by atoms with van der Waals surface area (Å²) in [5.41, 5.74) is 7.16. The molecule has 1 heterocycles. The number of imidazole rings is 1. The lowest BCUT2D eigenvalue weighted by atomic mass is 10.2. The van der Waals surface area contributed by atoms with Gasteiger partial charge >= 0.3 is 6.18 Å². The molecule has 2 aromatic carbocycles. The Balaban J connectivity index is 1.97. The molecule has 3 rings (SSSR count). The molecule has 0 unspecified atom stereocenters. The Morgan fingerprint density at radius 3 is 2.45 bits per heavy atom. The van der Waals surface area contributed by atoms with Crippen LogP contribution in [0.25, 0.3) is 16.7 Å². The van der Waals surface area contributed by atoms with Gasteiger partial charge in [-0.2, -0.15) is 13.2 Å². The predicted octanol–water partition coefficient (Wildman–Crippen LogP) is 4.52. The smallest absolute Gasteiger partial charge is 0.401 e. The lowest BCUT2D eigenvalue weighted by molar-refractivity contribution is -0.145. The summed E-state index contributed by atoms with van der Waals surface area (Å²) >= 11 is 0.838. The Morgan fingerprint density at radius 2 is 1.86 bits per heavy atom. The van der Waals surface area contributed by atoms with Gasteiger partial charge in [0.05, 0.1) is 11.0 Å². The minimum atomic E-state index is -4.63. The molecule has 150 valence electrons. The van der Waals surface area contributed by atoms with E-state index in [1.165, 1.54) is 30.3 Å². The average Bonchev–Trinajstić information content (AvgIpc) is 3.06. The standard InChI is InChI=1S/C19H16F3N5OS/c1-11(23)16(29-24-2)17(28)25-12-7-9-13(10-8-12)27-15-6-4-3-5-14(15)26-18(27)19(20,21)22/h3-10H,2,23H2,1H3,(H,25,28)/b16-11-. The van der Waals surface area contributed by atoms with E-state index in [1.807, 2.05) is 0 Å². The van der Waals surface area contributed by atoms with E-state index in [9.17, 15) is 18.0 Å². The topological polar surface area (TPSA) is 85.3 Å². The molecule has 0 spiro atoms. The Hall–Kier alpha value is -3.27. The number of hydrogen-bond acceptors (Lipinski definition) is 5. The summed E-state index contributed by atoms with van der Waals surface area (Å²) in [6.07, 6.45) is -4.63. The maximum absolute atomic E-state index is 13.5. The van der Waals surface area contributed by atoms with Gasteiger partial charge in [-0.1, -0.05) is 12.1 Å². The molecule has 0 aliphatic heterocycles. The first-order valence-electron chi connectivity index (χ1n) is 8.28. The minimum Gasteiger partial charge on any atom is -0.401 e. The number of anilines is 1. The molecule has 0 aliphatic rings. The molecule has 1 aromatic heterocycles. The summed E-state index contributed by atoms with van der Waals surface area (Å²) in [5, 5.41) is 2.63. The SMILES string of the molecule is C=NS/C(C(=O)Nc1ccc(-n2c(C(F)(F)F)nc3ccccc32)cc1)=C(/C)N. The Morgan fingerprint density at radius 1 is 1.21 bits per heavy atom. The number of nitrogens with two attached hydrogens (primary N) is 1. The highest BCUT2D eigenvalue weighted by Gasteiger charge is 2.38. The van der Waals surface area contributed by atoms with Gasteiger partial charge in [0.1, 0.15) is 4.91 Å². The third kappa shape index (κ3) is 4.27. The van der Waals surface area contributed by atoms with Gasteiger partial charge < -0.3 is 11.1 Å². The first-order chi connectivity index (χ1) is 13.7. The van der Waals surface area contributed by atoms with Crippen LogP contribution in [-0.2, 0) is 11.0 Å². The van der Waals surface area contributed by atoms with Gasteiger partial charge in [0, 0.05) is 29.0 Å². The number of para-hydroxylation sites is 2. The van der Waals surface area contributed by atoms with Crippen LogP contribution in [0, 0.1) is 0 Å². The van der Waals surface area contributed by atoms with Crippen molar-refractivity contribution < 1.29 is 18.0 Å². The second-order valence-electron chi connectivity index (χ2n) is 5.99. The Labute approximate surface area is 168 Å². The summed E-state index contributed by atoms with van der Waals surface area (Å²) < 4.78 is 45.1. The summed E-state index contributed by atoms with van der Waals surface area (Å²) in [6.45, 7) is 4.86. The van der Waals surface area contributed by atoms with Crippen molar-refractivity contribution in [3.05, 3.63) is 65.0 Å². The second kappa shape index (κ2) is 8.00. The van der Waals surface area contributed by atoms with Crippen LogP contribution in [-0.4, -0.2) is 22.2 Å². The summed E-state index contributed by atoms with van der Waals surface area (Å²) in [7, 11) is 0. The molecule has 29 heavy (non-hydrogen) atoms. The molecular weight excluding hydrogens is 403 g/mol.